The van der Waals surface area contributed by atoms with E-state index in [1.807, 2.05) is 6.92 Å². The molecule has 0 aromatic carbocycles. The number of carbonyl (C=O) groups is 2. The van der Waals surface area contributed by atoms with E-state index in [1.165, 1.54) is 7.11 Å². The van der Waals surface area contributed by atoms with Crippen molar-refractivity contribution in [2.45, 2.75) is 32.6 Å². The molecule has 0 aromatic heterocycles. The van der Waals surface area contributed by atoms with Gasteiger partial charge in [-0.1, -0.05) is 18.5 Å². The van der Waals surface area contributed by atoms with Crippen LogP contribution in [0.15, 0.2) is 5.16 Å². The van der Waals surface area contributed by atoms with E-state index in [-0.39, 0.29) is 17.9 Å². The van der Waals surface area contributed by atoms with Crippen LogP contribution >= 0.6 is 0 Å². The van der Waals surface area contributed by atoms with Crippen LogP contribution < -0.4 is 0 Å². The van der Waals surface area contributed by atoms with Gasteiger partial charge in [0, 0.05) is 6.42 Å². The van der Waals surface area contributed by atoms with Gasteiger partial charge in [-0.25, -0.2) is 4.79 Å². The first-order valence-electron chi connectivity index (χ1n) is 4.46. The zero-order chi connectivity index (χ0) is 11.0. The monoisotopic (exact) mass is 201 g/mol. The van der Waals surface area contributed by atoms with E-state index in [0.717, 1.165) is 12.8 Å². The topological polar surface area (TPSA) is 76.0 Å². The minimum absolute atomic E-state index is 0.120. The summed E-state index contributed by atoms with van der Waals surface area (Å²) < 4.78 is 0. The first-order chi connectivity index (χ1) is 6.61. The number of Topliss-reactive ketones (excluding diaryl/α,β-unsaturated/α-hetero) is 1. The minimum atomic E-state index is -1.21. The predicted molar refractivity (Wildman–Crippen MR) is 51.2 cm³/mol. The van der Waals surface area contributed by atoms with Gasteiger partial charge in [-0.05, 0) is 6.42 Å². The Morgan fingerprint density at radius 3 is 2.50 bits per heavy atom. The molecule has 0 aliphatic rings. The second kappa shape index (κ2) is 7.06. The van der Waals surface area contributed by atoms with E-state index < -0.39 is 5.97 Å². The molecule has 0 bridgehead atoms. The molecule has 1 N–H and O–H groups in total. The molecule has 14 heavy (non-hydrogen) atoms. The molecular weight excluding hydrogens is 186 g/mol. The van der Waals surface area contributed by atoms with Crippen LogP contribution in [0.2, 0.25) is 0 Å². The Bertz CT molecular complexity index is 235. The predicted octanol–water partition coefficient (Wildman–Crippen LogP) is 1.22. The van der Waals surface area contributed by atoms with Crippen molar-refractivity contribution in [1.29, 1.82) is 0 Å². The second-order valence-electron chi connectivity index (χ2n) is 2.84. The highest BCUT2D eigenvalue weighted by molar-refractivity contribution is 6.38. The van der Waals surface area contributed by atoms with Crippen LogP contribution in [0, 0.1) is 0 Å². The molecule has 5 nitrogen and oxygen atoms in total. The molecule has 0 atom stereocenters. The second-order valence-corrected chi connectivity index (χ2v) is 2.84. The summed E-state index contributed by atoms with van der Waals surface area (Å²) in [5, 5.41) is 11.9. The lowest BCUT2D eigenvalue weighted by atomic mass is 10.1. The maximum atomic E-state index is 11.2. The summed E-state index contributed by atoms with van der Waals surface area (Å²) in [5.41, 5.74) is -0.242. The Morgan fingerprint density at radius 2 is 2.07 bits per heavy atom. The number of carboxylic acid groups (broad SMARTS) is 1. The molecule has 0 saturated heterocycles. The number of rotatable bonds is 7. The van der Waals surface area contributed by atoms with Gasteiger partial charge < -0.3 is 9.94 Å². The molecule has 0 saturated carbocycles. The van der Waals surface area contributed by atoms with E-state index in [4.69, 9.17) is 5.11 Å². The molecular formula is C9H15NO4. The third-order valence-corrected chi connectivity index (χ3v) is 1.62. The maximum absolute atomic E-state index is 11.2. The third kappa shape index (κ3) is 5.29. The standard InChI is InChI=1S/C9H15NO4/c1-3-4-5-7(11)6-8(9(12)13)10-14-2/h3-6H2,1-2H3,(H,12,13). The molecule has 0 unspecified atom stereocenters. The fraction of sp³-hybridized carbons (Fsp3) is 0.667. The number of nitrogens with zero attached hydrogens (tertiary/aromatic N) is 1. The Balaban J connectivity index is 4.11. The fourth-order valence-corrected chi connectivity index (χ4v) is 0.906. The van der Waals surface area contributed by atoms with Gasteiger partial charge in [0.1, 0.15) is 12.9 Å². The maximum Gasteiger partial charge on any atom is 0.354 e. The lowest BCUT2D eigenvalue weighted by Gasteiger charge is -1.99. The highest BCUT2D eigenvalue weighted by atomic mass is 16.6. The molecule has 0 amide bonds. The van der Waals surface area contributed by atoms with Crippen LogP contribution in [0.25, 0.3) is 0 Å². The summed E-state index contributed by atoms with van der Waals surface area (Å²) in [7, 11) is 1.25. The zero-order valence-corrected chi connectivity index (χ0v) is 8.45. The average molecular weight is 201 g/mol. The van der Waals surface area contributed by atoms with Crippen molar-refractivity contribution in [2.24, 2.45) is 5.16 Å². The Labute approximate surface area is 82.7 Å². The highest BCUT2D eigenvalue weighted by Gasteiger charge is 2.14. The molecule has 0 heterocycles. The molecule has 0 radical (unpaired) electrons. The number of carbonyl (C=O) groups excluding carboxylic acids is 1. The number of unbranched alkanes of at least 4 members (excludes halogenated alkanes) is 1. The molecule has 0 aromatic rings. The van der Waals surface area contributed by atoms with Crippen LogP contribution in [0.4, 0.5) is 0 Å². The Kier molecular flexibility index (Phi) is 6.36. The summed E-state index contributed by atoms with van der Waals surface area (Å²) in [6.07, 6.45) is 1.92. The molecule has 0 spiro atoms. The summed E-state index contributed by atoms with van der Waals surface area (Å²) >= 11 is 0. The smallest absolute Gasteiger partial charge is 0.354 e. The third-order valence-electron chi connectivity index (χ3n) is 1.62. The van der Waals surface area contributed by atoms with Crippen LogP contribution in [-0.4, -0.2) is 29.7 Å². The van der Waals surface area contributed by atoms with Crippen molar-refractivity contribution < 1.29 is 19.5 Å². The van der Waals surface area contributed by atoms with Crippen molar-refractivity contribution in [3.63, 3.8) is 0 Å². The molecule has 5 heteroatoms. The highest BCUT2D eigenvalue weighted by Crippen LogP contribution is 2.00. The number of hydrogen-bond acceptors (Lipinski definition) is 4. The molecule has 80 valence electrons. The summed E-state index contributed by atoms with van der Waals surface area (Å²) in [5.74, 6) is -1.33. The number of aliphatic carboxylic acids is 1. The lowest BCUT2D eigenvalue weighted by Crippen LogP contribution is -2.17. The fourth-order valence-electron chi connectivity index (χ4n) is 0.906. The largest absolute Gasteiger partial charge is 0.477 e. The number of ketones is 1. The summed E-state index contributed by atoms with van der Waals surface area (Å²) in [4.78, 5) is 26.1. The first kappa shape index (κ1) is 12.6. The van der Waals surface area contributed by atoms with Gasteiger partial charge in [0.05, 0.1) is 6.42 Å². The number of carboxylic acids is 1. The quantitative estimate of drug-likeness (QED) is 0.496. The van der Waals surface area contributed by atoms with Gasteiger partial charge in [0.25, 0.3) is 0 Å². The van der Waals surface area contributed by atoms with E-state index >= 15 is 0 Å². The zero-order valence-electron chi connectivity index (χ0n) is 8.45. The van der Waals surface area contributed by atoms with Crippen molar-refractivity contribution in [3.05, 3.63) is 0 Å². The molecule has 0 rings (SSSR count). The van der Waals surface area contributed by atoms with Crippen LogP contribution in [0.5, 0.6) is 0 Å². The molecule has 0 aliphatic carbocycles. The van der Waals surface area contributed by atoms with Gasteiger partial charge in [-0.15, -0.1) is 0 Å². The van der Waals surface area contributed by atoms with Crippen molar-refractivity contribution in [2.75, 3.05) is 7.11 Å². The van der Waals surface area contributed by atoms with Gasteiger partial charge in [-0.2, -0.15) is 0 Å². The number of hydrogen-bond donors (Lipinski definition) is 1. The van der Waals surface area contributed by atoms with E-state index in [9.17, 15) is 9.59 Å². The van der Waals surface area contributed by atoms with Crippen LogP contribution in [0.3, 0.4) is 0 Å². The van der Waals surface area contributed by atoms with Gasteiger partial charge in [-0.3, -0.25) is 4.79 Å². The minimum Gasteiger partial charge on any atom is -0.477 e. The Morgan fingerprint density at radius 1 is 1.43 bits per heavy atom. The van der Waals surface area contributed by atoms with Gasteiger partial charge >= 0.3 is 5.97 Å². The summed E-state index contributed by atoms with van der Waals surface area (Å²) in [6, 6.07) is 0. The molecule has 0 aliphatic heterocycles. The van der Waals surface area contributed by atoms with Crippen LogP contribution in [0.1, 0.15) is 32.6 Å². The lowest BCUT2D eigenvalue weighted by molar-refractivity contribution is -0.130. The summed E-state index contributed by atoms with van der Waals surface area (Å²) in [6.45, 7) is 1.97. The van der Waals surface area contributed by atoms with Crippen molar-refractivity contribution >= 4 is 17.5 Å². The van der Waals surface area contributed by atoms with Gasteiger partial charge in [0.15, 0.2) is 5.71 Å². The van der Waals surface area contributed by atoms with Crippen LogP contribution in [-0.2, 0) is 14.4 Å². The van der Waals surface area contributed by atoms with E-state index in [2.05, 4.69) is 9.99 Å². The molecule has 0 fully saturated rings. The first-order valence-corrected chi connectivity index (χ1v) is 4.46. The van der Waals surface area contributed by atoms with Gasteiger partial charge in [0.2, 0.25) is 0 Å². The van der Waals surface area contributed by atoms with E-state index in [0.29, 0.717) is 6.42 Å². The normalized spacial score (nSPS) is 11.1. The Hall–Kier alpha value is -1.39. The van der Waals surface area contributed by atoms with Crippen molar-refractivity contribution in [3.8, 4) is 0 Å². The number of oxime groups is 1. The SMILES string of the molecule is CCCCC(=O)CC(=NOC)C(=O)O. The average Bonchev–Trinajstić information content (AvgIpc) is 2.14. The van der Waals surface area contributed by atoms with E-state index in [1.54, 1.807) is 0 Å². The van der Waals surface area contributed by atoms with Crippen molar-refractivity contribution in [1.82, 2.24) is 0 Å².